The molecule has 1 fully saturated rings. The average molecular weight is 374 g/mol. The maximum atomic E-state index is 13.3. The zero-order chi connectivity index (χ0) is 18.9. The van der Waals surface area contributed by atoms with Crippen molar-refractivity contribution in [2.75, 3.05) is 32.8 Å². The molecule has 5 heteroatoms. The fourth-order valence-corrected chi connectivity index (χ4v) is 3.95. The fraction of sp³-hybridized carbons (Fsp3) is 0.261. The van der Waals surface area contributed by atoms with Gasteiger partial charge in [0.2, 0.25) is 0 Å². The summed E-state index contributed by atoms with van der Waals surface area (Å²) in [5, 5.41) is 1.95. The monoisotopic (exact) mass is 374 g/mol. The largest absolute Gasteiger partial charge is 0.464 e. The molecule has 4 aromatic rings. The van der Waals surface area contributed by atoms with E-state index in [1.807, 2.05) is 48.7 Å². The molecule has 3 heterocycles. The molecule has 0 spiro atoms. The number of hydrogen-bond acceptors (Lipinski definition) is 4. The van der Waals surface area contributed by atoms with E-state index in [1.165, 1.54) is 0 Å². The first-order valence-corrected chi connectivity index (χ1v) is 9.69. The molecule has 5 nitrogen and oxygen atoms in total. The SMILES string of the molecule is O=C(c1ccc2occc2c1)c1cn(CCN2CCOCC2)c2ccccc12. The first kappa shape index (κ1) is 17.2. The topological polar surface area (TPSA) is 47.6 Å². The number of furan rings is 1. The van der Waals surface area contributed by atoms with E-state index in [1.54, 1.807) is 6.26 Å². The van der Waals surface area contributed by atoms with E-state index in [4.69, 9.17) is 9.15 Å². The van der Waals surface area contributed by atoms with Crippen LogP contribution in [0.4, 0.5) is 0 Å². The van der Waals surface area contributed by atoms with E-state index < -0.39 is 0 Å². The van der Waals surface area contributed by atoms with Crippen LogP contribution in [0.25, 0.3) is 21.9 Å². The first-order chi connectivity index (χ1) is 13.8. The lowest BCUT2D eigenvalue weighted by Gasteiger charge is -2.26. The van der Waals surface area contributed by atoms with Crippen molar-refractivity contribution in [2.24, 2.45) is 0 Å². The minimum Gasteiger partial charge on any atom is -0.464 e. The van der Waals surface area contributed by atoms with E-state index in [0.29, 0.717) is 5.56 Å². The van der Waals surface area contributed by atoms with E-state index in [0.717, 1.165) is 66.8 Å². The standard InChI is InChI=1S/C23H22N2O3/c26-23(18-5-6-22-17(15-18)7-12-28-22)20-16-25(21-4-2-1-3-19(20)21)9-8-24-10-13-27-14-11-24/h1-7,12,15-16H,8-11,13-14H2. The zero-order valence-corrected chi connectivity index (χ0v) is 15.6. The molecule has 1 saturated heterocycles. The van der Waals surface area contributed by atoms with Gasteiger partial charge < -0.3 is 13.7 Å². The summed E-state index contributed by atoms with van der Waals surface area (Å²) < 4.78 is 13.0. The third-order valence-electron chi connectivity index (χ3n) is 5.51. The van der Waals surface area contributed by atoms with Crippen molar-refractivity contribution in [3.05, 3.63) is 72.1 Å². The summed E-state index contributed by atoms with van der Waals surface area (Å²) >= 11 is 0. The molecule has 28 heavy (non-hydrogen) atoms. The van der Waals surface area contributed by atoms with Gasteiger partial charge in [-0.15, -0.1) is 0 Å². The summed E-state index contributed by atoms with van der Waals surface area (Å²) in [6, 6.07) is 15.6. The molecule has 2 aromatic heterocycles. The number of aromatic nitrogens is 1. The van der Waals surface area contributed by atoms with Crippen LogP contribution in [-0.4, -0.2) is 48.1 Å². The molecule has 0 atom stereocenters. The Kier molecular flexibility index (Phi) is 4.47. The van der Waals surface area contributed by atoms with Gasteiger partial charge in [0.1, 0.15) is 5.58 Å². The van der Waals surface area contributed by atoms with Gasteiger partial charge in [-0.25, -0.2) is 0 Å². The Labute approximate surface area is 163 Å². The van der Waals surface area contributed by atoms with Gasteiger partial charge in [0.05, 0.1) is 19.5 Å². The minimum atomic E-state index is 0.0458. The number of carbonyl (C=O) groups is 1. The summed E-state index contributed by atoms with van der Waals surface area (Å²) in [6.07, 6.45) is 3.66. The number of rotatable bonds is 5. The third-order valence-corrected chi connectivity index (χ3v) is 5.51. The Bertz CT molecular complexity index is 1140. The molecule has 0 unspecified atom stereocenters. The number of hydrogen-bond donors (Lipinski definition) is 0. The number of para-hydroxylation sites is 1. The highest BCUT2D eigenvalue weighted by atomic mass is 16.5. The number of fused-ring (bicyclic) bond motifs is 2. The quantitative estimate of drug-likeness (QED) is 0.496. The highest BCUT2D eigenvalue weighted by Gasteiger charge is 2.18. The van der Waals surface area contributed by atoms with Gasteiger partial charge in [0.25, 0.3) is 0 Å². The predicted octanol–water partition coefficient (Wildman–Crippen LogP) is 3.95. The molecule has 0 bridgehead atoms. The maximum Gasteiger partial charge on any atom is 0.195 e. The van der Waals surface area contributed by atoms with Crippen molar-refractivity contribution in [3.8, 4) is 0 Å². The van der Waals surface area contributed by atoms with Crippen LogP contribution in [0.2, 0.25) is 0 Å². The lowest BCUT2D eigenvalue weighted by molar-refractivity contribution is 0.0365. The van der Waals surface area contributed by atoms with Crippen LogP contribution in [0.1, 0.15) is 15.9 Å². The predicted molar refractivity (Wildman–Crippen MR) is 109 cm³/mol. The molecule has 142 valence electrons. The number of ether oxygens (including phenoxy) is 1. The Morgan fingerprint density at radius 1 is 1.00 bits per heavy atom. The third kappa shape index (κ3) is 3.13. The van der Waals surface area contributed by atoms with Crippen molar-refractivity contribution < 1.29 is 13.9 Å². The van der Waals surface area contributed by atoms with Gasteiger partial charge in [-0.2, -0.15) is 0 Å². The van der Waals surface area contributed by atoms with Gasteiger partial charge in [-0.3, -0.25) is 9.69 Å². The molecule has 0 N–H and O–H groups in total. The Hall–Kier alpha value is -2.89. The zero-order valence-electron chi connectivity index (χ0n) is 15.6. The molecule has 1 aliphatic heterocycles. The fourth-order valence-electron chi connectivity index (χ4n) is 3.95. The minimum absolute atomic E-state index is 0.0458. The van der Waals surface area contributed by atoms with E-state index >= 15 is 0 Å². The highest BCUT2D eigenvalue weighted by molar-refractivity contribution is 6.17. The highest BCUT2D eigenvalue weighted by Crippen LogP contribution is 2.26. The van der Waals surface area contributed by atoms with Crippen molar-refractivity contribution in [3.63, 3.8) is 0 Å². The second-order valence-corrected chi connectivity index (χ2v) is 7.21. The lowest BCUT2D eigenvalue weighted by atomic mass is 10.0. The molecule has 0 aliphatic carbocycles. The van der Waals surface area contributed by atoms with E-state index in [2.05, 4.69) is 15.5 Å². The molecular weight excluding hydrogens is 352 g/mol. The van der Waals surface area contributed by atoms with Gasteiger partial charge in [0, 0.05) is 59.8 Å². The van der Waals surface area contributed by atoms with Crippen LogP contribution in [-0.2, 0) is 11.3 Å². The Morgan fingerprint density at radius 2 is 1.86 bits per heavy atom. The van der Waals surface area contributed by atoms with Crippen molar-refractivity contribution in [2.45, 2.75) is 6.54 Å². The summed E-state index contributed by atoms with van der Waals surface area (Å²) in [5.74, 6) is 0.0458. The summed E-state index contributed by atoms with van der Waals surface area (Å²) in [6.45, 7) is 5.34. The average Bonchev–Trinajstić information content (AvgIpc) is 3.36. The van der Waals surface area contributed by atoms with Crippen LogP contribution in [0.15, 0.2) is 65.4 Å². The molecule has 0 radical (unpaired) electrons. The molecule has 2 aromatic carbocycles. The number of nitrogens with zero attached hydrogens (tertiary/aromatic N) is 2. The Balaban J connectivity index is 1.47. The van der Waals surface area contributed by atoms with Crippen LogP contribution in [0.5, 0.6) is 0 Å². The van der Waals surface area contributed by atoms with E-state index in [9.17, 15) is 4.79 Å². The normalized spacial score (nSPS) is 15.4. The number of ketones is 1. The molecular formula is C23H22N2O3. The van der Waals surface area contributed by atoms with Gasteiger partial charge in [-0.05, 0) is 30.3 Å². The van der Waals surface area contributed by atoms with Crippen molar-refractivity contribution in [1.29, 1.82) is 0 Å². The number of benzene rings is 2. The first-order valence-electron chi connectivity index (χ1n) is 9.69. The number of morpholine rings is 1. The smallest absolute Gasteiger partial charge is 0.195 e. The second-order valence-electron chi connectivity index (χ2n) is 7.21. The van der Waals surface area contributed by atoms with Gasteiger partial charge in [-0.1, -0.05) is 18.2 Å². The van der Waals surface area contributed by atoms with Crippen molar-refractivity contribution >= 4 is 27.7 Å². The Morgan fingerprint density at radius 3 is 2.75 bits per heavy atom. The summed E-state index contributed by atoms with van der Waals surface area (Å²) in [4.78, 5) is 15.7. The number of carbonyl (C=O) groups excluding carboxylic acids is 1. The van der Waals surface area contributed by atoms with Crippen LogP contribution in [0.3, 0.4) is 0 Å². The molecule has 0 saturated carbocycles. The summed E-state index contributed by atoms with van der Waals surface area (Å²) in [7, 11) is 0. The van der Waals surface area contributed by atoms with E-state index in [-0.39, 0.29) is 5.78 Å². The van der Waals surface area contributed by atoms with Crippen LogP contribution < -0.4 is 0 Å². The molecule has 5 rings (SSSR count). The van der Waals surface area contributed by atoms with Crippen LogP contribution >= 0.6 is 0 Å². The lowest BCUT2D eigenvalue weighted by Crippen LogP contribution is -2.38. The van der Waals surface area contributed by atoms with Crippen LogP contribution in [0, 0.1) is 0 Å². The summed E-state index contributed by atoms with van der Waals surface area (Å²) in [5.41, 5.74) is 3.33. The van der Waals surface area contributed by atoms with Gasteiger partial charge >= 0.3 is 0 Å². The maximum absolute atomic E-state index is 13.3. The van der Waals surface area contributed by atoms with Crippen molar-refractivity contribution in [1.82, 2.24) is 9.47 Å². The second kappa shape index (κ2) is 7.26. The molecule has 1 aliphatic rings. The van der Waals surface area contributed by atoms with Gasteiger partial charge in [0.15, 0.2) is 5.78 Å². The molecule has 0 amide bonds.